The number of hydrogen-bond donors (Lipinski definition) is 2. The van der Waals surface area contributed by atoms with Gasteiger partial charge in [-0.15, -0.1) is 0 Å². The topological polar surface area (TPSA) is 106 Å². The van der Waals surface area contributed by atoms with E-state index in [0.717, 1.165) is 21.8 Å². The second kappa shape index (κ2) is 11.2. The van der Waals surface area contributed by atoms with Crippen molar-refractivity contribution >= 4 is 40.9 Å². The number of hydrazone groups is 1. The molecule has 0 saturated carbocycles. The molecule has 4 rings (SSSR count). The Morgan fingerprint density at radius 1 is 1.03 bits per heavy atom. The summed E-state index contributed by atoms with van der Waals surface area (Å²) in [5.74, 6) is -0.863. The van der Waals surface area contributed by atoms with Crippen molar-refractivity contribution in [1.82, 2.24) is 15.0 Å². The molecule has 9 heteroatoms. The first-order chi connectivity index (χ1) is 16.6. The molecular weight excluding hydrogens is 452 g/mol. The molecule has 0 spiro atoms. The summed E-state index contributed by atoms with van der Waals surface area (Å²) in [5.41, 5.74) is 6.08. The maximum absolute atomic E-state index is 12.4. The second-order valence-electron chi connectivity index (χ2n) is 7.26. The Labute approximate surface area is 200 Å². The van der Waals surface area contributed by atoms with Gasteiger partial charge in [0.2, 0.25) is 0 Å². The van der Waals surface area contributed by atoms with Crippen LogP contribution in [0.25, 0.3) is 11.0 Å². The van der Waals surface area contributed by atoms with Gasteiger partial charge in [0, 0.05) is 5.56 Å². The van der Waals surface area contributed by atoms with Crippen LogP contribution in [0.4, 0.5) is 0 Å². The summed E-state index contributed by atoms with van der Waals surface area (Å²) in [4.78, 5) is 27.8. The molecule has 0 saturated heterocycles. The van der Waals surface area contributed by atoms with Crippen LogP contribution in [-0.2, 0) is 16.1 Å². The zero-order valence-corrected chi connectivity index (χ0v) is 18.9. The van der Waals surface area contributed by atoms with Gasteiger partial charge in [-0.2, -0.15) is 5.10 Å². The van der Waals surface area contributed by atoms with Crippen molar-refractivity contribution in [3.05, 3.63) is 90.0 Å². The lowest BCUT2D eigenvalue weighted by molar-refractivity contribution is -0.139. The van der Waals surface area contributed by atoms with Crippen molar-refractivity contribution in [3.63, 3.8) is 0 Å². The van der Waals surface area contributed by atoms with Gasteiger partial charge in [0.05, 0.1) is 29.5 Å². The Morgan fingerprint density at radius 2 is 1.76 bits per heavy atom. The third-order valence-corrected chi connectivity index (χ3v) is 5.77. The van der Waals surface area contributed by atoms with Crippen LogP contribution in [0.2, 0.25) is 0 Å². The number of rotatable bonds is 10. The maximum Gasteiger partial charge on any atom is 0.341 e. The minimum absolute atomic E-state index is 0.132. The van der Waals surface area contributed by atoms with Gasteiger partial charge in [-0.05, 0) is 29.8 Å². The van der Waals surface area contributed by atoms with Crippen molar-refractivity contribution < 1.29 is 19.4 Å². The van der Waals surface area contributed by atoms with E-state index in [0.29, 0.717) is 17.9 Å². The second-order valence-corrected chi connectivity index (χ2v) is 8.20. The van der Waals surface area contributed by atoms with Crippen LogP contribution in [0.3, 0.4) is 0 Å². The summed E-state index contributed by atoms with van der Waals surface area (Å²) in [6, 6.07) is 24.8. The molecule has 0 aliphatic heterocycles. The average molecular weight is 475 g/mol. The molecule has 1 aromatic heterocycles. The Hall–Kier alpha value is -4.11. The summed E-state index contributed by atoms with van der Waals surface area (Å²) >= 11 is 1.34. The predicted octanol–water partition coefficient (Wildman–Crippen LogP) is 3.79. The highest BCUT2D eigenvalue weighted by Crippen LogP contribution is 2.25. The summed E-state index contributed by atoms with van der Waals surface area (Å²) in [5, 5.41) is 13.5. The number of carboxylic acid groups (broad SMARTS) is 1. The minimum Gasteiger partial charge on any atom is -0.481 e. The number of amides is 1. The lowest BCUT2D eigenvalue weighted by Crippen LogP contribution is -2.20. The molecule has 0 atom stereocenters. The zero-order chi connectivity index (χ0) is 23.8. The van der Waals surface area contributed by atoms with Crippen LogP contribution >= 0.6 is 11.8 Å². The smallest absolute Gasteiger partial charge is 0.341 e. The number of carbonyl (C=O) groups excluding carboxylic acids is 1. The van der Waals surface area contributed by atoms with Gasteiger partial charge < -0.3 is 14.4 Å². The van der Waals surface area contributed by atoms with Crippen LogP contribution in [0.15, 0.2) is 89.1 Å². The summed E-state index contributed by atoms with van der Waals surface area (Å²) in [6.45, 7) is 0.189. The Bertz CT molecular complexity index is 1320. The molecular formula is C25H22N4O4S. The van der Waals surface area contributed by atoms with Crippen molar-refractivity contribution in [2.45, 2.75) is 11.7 Å². The van der Waals surface area contributed by atoms with Crippen LogP contribution < -0.4 is 10.2 Å². The molecule has 0 bridgehead atoms. The van der Waals surface area contributed by atoms with Crippen LogP contribution in [0.1, 0.15) is 11.1 Å². The number of ether oxygens (including phenoxy) is 1. The fraction of sp³-hybridized carbons (Fsp3) is 0.120. The van der Waals surface area contributed by atoms with Gasteiger partial charge in [-0.1, -0.05) is 66.4 Å². The van der Waals surface area contributed by atoms with Crippen LogP contribution in [0, 0.1) is 0 Å². The number of nitrogens with zero attached hydrogens (tertiary/aromatic N) is 3. The van der Waals surface area contributed by atoms with Crippen molar-refractivity contribution in [3.8, 4) is 5.75 Å². The molecule has 0 aliphatic rings. The molecule has 3 aromatic carbocycles. The number of hydrogen-bond acceptors (Lipinski definition) is 6. The molecule has 0 aliphatic carbocycles. The molecule has 34 heavy (non-hydrogen) atoms. The average Bonchev–Trinajstić information content (AvgIpc) is 3.20. The van der Waals surface area contributed by atoms with Gasteiger partial charge in [0.25, 0.3) is 5.91 Å². The van der Waals surface area contributed by atoms with E-state index in [1.54, 1.807) is 24.3 Å². The normalized spacial score (nSPS) is 11.1. The van der Waals surface area contributed by atoms with Crippen molar-refractivity contribution in [1.29, 1.82) is 0 Å². The Kier molecular flexibility index (Phi) is 7.56. The monoisotopic (exact) mass is 474 g/mol. The van der Waals surface area contributed by atoms with Crippen LogP contribution in [-0.4, -0.2) is 45.1 Å². The number of imidazole rings is 1. The number of thioether (sulfide) groups is 1. The largest absolute Gasteiger partial charge is 0.481 e. The number of para-hydroxylation sites is 3. The minimum atomic E-state index is -1.07. The highest BCUT2D eigenvalue weighted by molar-refractivity contribution is 7.99. The SMILES string of the molecule is O=C(O)COc1ccccc1/C=N\NC(=O)CSc1nc2ccccc2n1Cc1ccccc1. The fourth-order valence-electron chi connectivity index (χ4n) is 3.28. The Balaban J connectivity index is 1.40. The number of fused-ring (bicyclic) bond motifs is 1. The quantitative estimate of drug-likeness (QED) is 0.206. The summed E-state index contributed by atoms with van der Waals surface area (Å²) in [6.07, 6.45) is 1.42. The van der Waals surface area contributed by atoms with Gasteiger partial charge in [-0.25, -0.2) is 15.2 Å². The summed E-state index contributed by atoms with van der Waals surface area (Å²) in [7, 11) is 0. The molecule has 2 N–H and O–H groups in total. The molecule has 4 aromatic rings. The highest BCUT2D eigenvalue weighted by atomic mass is 32.2. The van der Waals surface area contributed by atoms with Gasteiger partial charge in [0.15, 0.2) is 11.8 Å². The maximum atomic E-state index is 12.4. The van der Waals surface area contributed by atoms with E-state index >= 15 is 0 Å². The molecule has 1 heterocycles. The van der Waals surface area contributed by atoms with Crippen LogP contribution in [0.5, 0.6) is 5.75 Å². The van der Waals surface area contributed by atoms with Crippen molar-refractivity contribution in [2.75, 3.05) is 12.4 Å². The van der Waals surface area contributed by atoms with E-state index in [4.69, 9.17) is 14.8 Å². The third-order valence-electron chi connectivity index (χ3n) is 4.80. The molecule has 8 nitrogen and oxygen atoms in total. The summed E-state index contributed by atoms with van der Waals surface area (Å²) < 4.78 is 7.33. The predicted molar refractivity (Wildman–Crippen MR) is 131 cm³/mol. The number of carboxylic acids is 1. The van der Waals surface area contributed by atoms with E-state index in [2.05, 4.69) is 27.2 Å². The molecule has 172 valence electrons. The van der Waals surface area contributed by atoms with E-state index in [1.165, 1.54) is 18.0 Å². The zero-order valence-electron chi connectivity index (χ0n) is 18.1. The first-order valence-corrected chi connectivity index (χ1v) is 11.5. The van der Waals surface area contributed by atoms with Gasteiger partial charge >= 0.3 is 5.97 Å². The number of benzene rings is 3. The Morgan fingerprint density at radius 3 is 2.59 bits per heavy atom. The van der Waals surface area contributed by atoms with Crippen molar-refractivity contribution in [2.24, 2.45) is 5.10 Å². The molecule has 0 radical (unpaired) electrons. The number of carbonyl (C=O) groups is 2. The number of nitrogens with one attached hydrogen (secondary N) is 1. The lowest BCUT2D eigenvalue weighted by atomic mass is 10.2. The molecule has 1 amide bonds. The van der Waals surface area contributed by atoms with E-state index in [1.807, 2.05) is 42.5 Å². The van der Waals surface area contributed by atoms with E-state index in [-0.39, 0.29) is 11.7 Å². The van der Waals surface area contributed by atoms with Gasteiger partial charge in [-0.3, -0.25) is 4.79 Å². The highest BCUT2D eigenvalue weighted by Gasteiger charge is 2.13. The third kappa shape index (κ3) is 6.02. The molecule has 0 fully saturated rings. The number of aliphatic carboxylic acids is 1. The number of aromatic nitrogens is 2. The fourth-order valence-corrected chi connectivity index (χ4v) is 4.08. The first-order valence-electron chi connectivity index (χ1n) is 10.5. The van der Waals surface area contributed by atoms with E-state index < -0.39 is 12.6 Å². The first kappa shape index (κ1) is 23.1. The lowest BCUT2D eigenvalue weighted by Gasteiger charge is -2.09. The molecule has 0 unspecified atom stereocenters. The standard InChI is InChI=1S/C25H22N4O4S/c30-23(28-26-14-19-10-4-7-13-22(19)33-16-24(31)32)17-34-25-27-20-11-5-6-12-21(20)29(25)15-18-8-2-1-3-9-18/h1-14H,15-17H2,(H,28,30)(H,31,32)/b26-14-. The van der Waals surface area contributed by atoms with E-state index in [9.17, 15) is 9.59 Å². The van der Waals surface area contributed by atoms with Gasteiger partial charge in [0.1, 0.15) is 5.75 Å².